The molecule has 0 unspecified atom stereocenters. The van der Waals surface area contributed by atoms with Gasteiger partial charge in [-0.25, -0.2) is 4.98 Å². The van der Waals surface area contributed by atoms with Crippen LogP contribution in [0.2, 0.25) is 0 Å². The van der Waals surface area contributed by atoms with Crippen molar-refractivity contribution in [2.75, 3.05) is 5.75 Å². The zero-order valence-electron chi connectivity index (χ0n) is 14.2. The largest absolute Gasteiger partial charge is 0.410 e. The number of thioether (sulfide) groups is 1. The van der Waals surface area contributed by atoms with Crippen LogP contribution in [0.25, 0.3) is 10.8 Å². The van der Waals surface area contributed by atoms with Crippen LogP contribution in [0.15, 0.2) is 33.9 Å². The lowest BCUT2D eigenvalue weighted by Gasteiger charge is -2.04. The van der Waals surface area contributed by atoms with Crippen LogP contribution in [0.3, 0.4) is 0 Å². The second-order valence-electron chi connectivity index (χ2n) is 5.57. The van der Waals surface area contributed by atoms with E-state index in [1.807, 2.05) is 45.0 Å². The van der Waals surface area contributed by atoms with Crippen LogP contribution in [-0.2, 0) is 11.3 Å². The summed E-state index contributed by atoms with van der Waals surface area (Å²) in [5.41, 5.74) is 3.14. The van der Waals surface area contributed by atoms with Gasteiger partial charge in [0.1, 0.15) is 4.88 Å². The van der Waals surface area contributed by atoms with E-state index in [1.54, 1.807) is 0 Å². The third-order valence-corrected chi connectivity index (χ3v) is 5.32. The number of aryl methyl sites for hydroxylation is 3. The lowest BCUT2D eigenvalue weighted by molar-refractivity contribution is -0.118. The maximum Gasteiger partial charge on any atom is 0.277 e. The summed E-state index contributed by atoms with van der Waals surface area (Å²) in [6.45, 7) is 6.39. The Bertz CT molecular complexity index is 871. The molecular formula is C17H18N4O2S2. The molecule has 0 saturated carbocycles. The molecule has 0 fully saturated rings. The van der Waals surface area contributed by atoms with E-state index in [0.717, 1.165) is 21.1 Å². The lowest BCUT2D eigenvalue weighted by Crippen LogP contribution is -2.24. The predicted octanol–water partition coefficient (Wildman–Crippen LogP) is 3.53. The normalized spacial score (nSPS) is 10.8. The first kappa shape index (κ1) is 17.6. The average molecular weight is 374 g/mol. The fourth-order valence-corrected chi connectivity index (χ4v) is 3.61. The van der Waals surface area contributed by atoms with Gasteiger partial charge in [0.2, 0.25) is 5.91 Å². The van der Waals surface area contributed by atoms with Gasteiger partial charge >= 0.3 is 0 Å². The first-order chi connectivity index (χ1) is 12.0. The van der Waals surface area contributed by atoms with Crippen LogP contribution >= 0.6 is 23.1 Å². The molecule has 130 valence electrons. The Hall–Kier alpha value is -2.19. The summed E-state index contributed by atoms with van der Waals surface area (Å²) in [6.07, 6.45) is 0. The molecule has 2 heterocycles. The van der Waals surface area contributed by atoms with Crippen molar-refractivity contribution in [3.8, 4) is 10.8 Å². The van der Waals surface area contributed by atoms with Crippen molar-refractivity contribution in [3.05, 3.63) is 46.1 Å². The minimum Gasteiger partial charge on any atom is -0.410 e. The Morgan fingerprint density at radius 1 is 1.20 bits per heavy atom. The molecule has 1 amide bonds. The fourth-order valence-electron chi connectivity index (χ4n) is 2.17. The van der Waals surface area contributed by atoms with Crippen molar-refractivity contribution in [3.63, 3.8) is 0 Å². The molecule has 0 bridgehead atoms. The Labute approximate surface area is 154 Å². The van der Waals surface area contributed by atoms with E-state index in [1.165, 1.54) is 28.7 Å². The molecule has 6 nitrogen and oxygen atoms in total. The van der Waals surface area contributed by atoms with Crippen LogP contribution in [0.4, 0.5) is 0 Å². The van der Waals surface area contributed by atoms with Gasteiger partial charge in [0.15, 0.2) is 0 Å². The predicted molar refractivity (Wildman–Crippen MR) is 98.6 cm³/mol. The molecule has 0 spiro atoms. The Morgan fingerprint density at radius 3 is 2.64 bits per heavy atom. The van der Waals surface area contributed by atoms with Gasteiger partial charge in [-0.15, -0.1) is 21.5 Å². The third-order valence-electron chi connectivity index (χ3n) is 3.44. The highest BCUT2D eigenvalue weighted by Gasteiger charge is 2.15. The number of rotatable bonds is 6. The van der Waals surface area contributed by atoms with Crippen LogP contribution < -0.4 is 5.32 Å². The smallest absolute Gasteiger partial charge is 0.277 e. The second kappa shape index (κ2) is 7.79. The maximum atomic E-state index is 12.0. The van der Waals surface area contributed by atoms with Crippen LogP contribution in [0, 0.1) is 20.8 Å². The SMILES string of the molecule is Cc1ccc(CNC(=O)CSc2nnc(-c3sc(C)nc3C)o2)cc1. The number of hydrogen-bond donors (Lipinski definition) is 1. The van der Waals surface area contributed by atoms with E-state index >= 15 is 0 Å². The van der Waals surface area contributed by atoms with Crippen LogP contribution in [-0.4, -0.2) is 26.8 Å². The Morgan fingerprint density at radius 2 is 1.96 bits per heavy atom. The van der Waals surface area contributed by atoms with Gasteiger partial charge in [0.25, 0.3) is 11.1 Å². The fraction of sp³-hybridized carbons (Fsp3) is 0.294. The number of thiazole rings is 1. The zero-order valence-corrected chi connectivity index (χ0v) is 15.8. The molecule has 0 saturated heterocycles. The molecule has 0 radical (unpaired) electrons. The van der Waals surface area contributed by atoms with E-state index in [4.69, 9.17) is 4.42 Å². The van der Waals surface area contributed by atoms with Crippen molar-refractivity contribution < 1.29 is 9.21 Å². The molecule has 0 aliphatic rings. The summed E-state index contributed by atoms with van der Waals surface area (Å²) in [5, 5.41) is 12.2. The van der Waals surface area contributed by atoms with Gasteiger partial charge < -0.3 is 9.73 Å². The number of amides is 1. The van der Waals surface area contributed by atoms with E-state index in [2.05, 4.69) is 20.5 Å². The minimum absolute atomic E-state index is 0.0739. The molecular weight excluding hydrogens is 356 g/mol. The Kier molecular flexibility index (Phi) is 5.50. The molecule has 25 heavy (non-hydrogen) atoms. The van der Waals surface area contributed by atoms with Gasteiger partial charge in [-0.3, -0.25) is 4.79 Å². The summed E-state index contributed by atoms with van der Waals surface area (Å²) in [4.78, 5) is 17.2. The molecule has 0 atom stereocenters. The molecule has 1 aromatic carbocycles. The maximum absolute atomic E-state index is 12.0. The zero-order chi connectivity index (χ0) is 17.8. The molecule has 3 aromatic rings. The highest BCUT2D eigenvalue weighted by molar-refractivity contribution is 7.99. The van der Waals surface area contributed by atoms with Gasteiger partial charge in [0.05, 0.1) is 16.5 Å². The number of nitrogens with zero attached hydrogens (tertiary/aromatic N) is 3. The van der Waals surface area contributed by atoms with Crippen LogP contribution in [0.1, 0.15) is 21.8 Å². The standard InChI is InChI=1S/C17H18N4O2S2/c1-10-4-6-13(7-5-10)8-18-14(22)9-24-17-21-20-16(23-17)15-11(2)19-12(3)25-15/h4-7H,8-9H2,1-3H3,(H,18,22). The minimum atomic E-state index is -0.0739. The molecule has 3 rings (SSSR count). The molecule has 2 aromatic heterocycles. The summed E-state index contributed by atoms with van der Waals surface area (Å²) in [7, 11) is 0. The van der Waals surface area contributed by atoms with E-state index in [9.17, 15) is 4.79 Å². The van der Waals surface area contributed by atoms with E-state index in [0.29, 0.717) is 17.7 Å². The highest BCUT2D eigenvalue weighted by atomic mass is 32.2. The second-order valence-corrected chi connectivity index (χ2v) is 7.70. The van der Waals surface area contributed by atoms with Crippen molar-refractivity contribution >= 4 is 29.0 Å². The first-order valence-corrected chi connectivity index (χ1v) is 9.54. The van der Waals surface area contributed by atoms with Crippen molar-refractivity contribution in [2.45, 2.75) is 32.5 Å². The topological polar surface area (TPSA) is 80.9 Å². The van der Waals surface area contributed by atoms with Gasteiger partial charge in [-0.05, 0) is 26.3 Å². The van der Waals surface area contributed by atoms with Crippen LogP contribution in [0.5, 0.6) is 0 Å². The lowest BCUT2D eigenvalue weighted by atomic mass is 10.1. The summed E-state index contributed by atoms with van der Waals surface area (Å²) in [5.74, 6) is 0.606. The number of hydrogen-bond acceptors (Lipinski definition) is 7. The quantitative estimate of drug-likeness (QED) is 0.665. The first-order valence-electron chi connectivity index (χ1n) is 7.74. The monoisotopic (exact) mass is 374 g/mol. The van der Waals surface area contributed by atoms with Gasteiger partial charge in [-0.1, -0.05) is 41.6 Å². The van der Waals surface area contributed by atoms with E-state index < -0.39 is 0 Å². The highest BCUT2D eigenvalue weighted by Crippen LogP contribution is 2.30. The number of benzene rings is 1. The van der Waals surface area contributed by atoms with E-state index in [-0.39, 0.29) is 11.7 Å². The van der Waals surface area contributed by atoms with Crippen molar-refractivity contribution in [1.29, 1.82) is 0 Å². The molecule has 0 aliphatic carbocycles. The number of nitrogens with one attached hydrogen (secondary N) is 1. The number of carbonyl (C=O) groups excluding carboxylic acids is 1. The summed E-state index contributed by atoms with van der Waals surface area (Å²) in [6, 6.07) is 8.07. The average Bonchev–Trinajstić information content (AvgIpc) is 3.18. The molecule has 0 aliphatic heterocycles. The number of aromatic nitrogens is 3. The van der Waals surface area contributed by atoms with Crippen molar-refractivity contribution in [2.24, 2.45) is 0 Å². The summed E-state index contributed by atoms with van der Waals surface area (Å²) >= 11 is 2.74. The van der Waals surface area contributed by atoms with Gasteiger partial charge in [-0.2, -0.15) is 0 Å². The van der Waals surface area contributed by atoms with Gasteiger partial charge in [0, 0.05) is 6.54 Å². The third kappa shape index (κ3) is 4.67. The van der Waals surface area contributed by atoms with Crippen molar-refractivity contribution in [1.82, 2.24) is 20.5 Å². The molecule has 1 N–H and O–H groups in total. The molecule has 8 heteroatoms. The Balaban J connectivity index is 1.51. The summed E-state index contributed by atoms with van der Waals surface area (Å²) < 4.78 is 5.62. The number of carbonyl (C=O) groups is 1.